The van der Waals surface area contributed by atoms with Gasteiger partial charge in [-0.15, -0.1) is 0 Å². The molecule has 0 saturated carbocycles. The van der Waals surface area contributed by atoms with E-state index >= 15 is 0 Å². The fourth-order valence-corrected chi connectivity index (χ4v) is 5.63. The Kier molecular flexibility index (Phi) is 7.54. The maximum atomic E-state index is 2.47. The van der Waals surface area contributed by atoms with Crippen LogP contribution in [0.4, 0.5) is 0 Å². The molecular formula is C24H32Se. The van der Waals surface area contributed by atoms with Gasteiger partial charge in [0.1, 0.15) is 0 Å². The Morgan fingerprint density at radius 2 is 1.36 bits per heavy atom. The second kappa shape index (κ2) is 9.41. The summed E-state index contributed by atoms with van der Waals surface area (Å²) in [5.41, 5.74) is 5.93. The molecule has 0 spiro atoms. The summed E-state index contributed by atoms with van der Waals surface area (Å²) in [6, 6.07) is 15.5. The van der Waals surface area contributed by atoms with Gasteiger partial charge in [0.25, 0.3) is 0 Å². The van der Waals surface area contributed by atoms with E-state index in [0.29, 0.717) is 32.7 Å². The summed E-state index contributed by atoms with van der Waals surface area (Å²) in [5, 5.41) is 1.16. The number of allylic oxidation sites excluding steroid dienone is 1. The summed E-state index contributed by atoms with van der Waals surface area (Å²) < 4.78 is 1.64. The van der Waals surface area contributed by atoms with E-state index in [2.05, 4.69) is 96.2 Å². The van der Waals surface area contributed by atoms with E-state index in [1.807, 2.05) is 0 Å². The van der Waals surface area contributed by atoms with Crippen molar-refractivity contribution in [2.45, 2.75) is 64.6 Å². The average molecular weight is 399 g/mol. The average Bonchev–Trinajstić information content (AvgIpc) is 2.58. The number of hydrogen-bond acceptors (Lipinski definition) is 0. The Morgan fingerprint density at radius 1 is 0.800 bits per heavy atom. The molecule has 1 heteroatoms. The predicted octanol–water partition coefficient (Wildman–Crippen LogP) is 6.52. The predicted molar refractivity (Wildman–Crippen MR) is 114 cm³/mol. The van der Waals surface area contributed by atoms with E-state index in [9.17, 15) is 0 Å². The first-order valence-electron chi connectivity index (χ1n) is 9.42. The summed E-state index contributed by atoms with van der Waals surface area (Å²) in [6.45, 7) is 14.0. The van der Waals surface area contributed by atoms with Gasteiger partial charge in [-0.25, -0.2) is 0 Å². The van der Waals surface area contributed by atoms with Crippen molar-refractivity contribution in [2.75, 3.05) is 0 Å². The maximum absolute atomic E-state index is 2.47. The van der Waals surface area contributed by atoms with Crippen molar-refractivity contribution in [3.05, 3.63) is 70.8 Å². The van der Waals surface area contributed by atoms with Gasteiger partial charge in [-0.3, -0.25) is 0 Å². The van der Waals surface area contributed by atoms with Crippen LogP contribution >= 0.6 is 0 Å². The fraction of sp³-hybridized carbons (Fsp3) is 0.417. The topological polar surface area (TPSA) is 0 Å². The standard InChI is InChI=1S/C24H32Se/c1-17(2)21-15-22(18(3)4)24(23(16-21)19(5)6)25-14-10-13-20-11-8-7-9-12-20/h7-13,15-19H,14H2,1-6H3/b13-10-. The van der Waals surface area contributed by atoms with E-state index in [1.165, 1.54) is 11.1 Å². The quantitative estimate of drug-likeness (QED) is 0.465. The third-order valence-corrected chi connectivity index (χ3v) is 6.86. The molecule has 2 aromatic carbocycles. The molecule has 0 aromatic heterocycles. The first-order chi connectivity index (χ1) is 11.9. The summed E-state index contributed by atoms with van der Waals surface area (Å²) in [7, 11) is 0. The molecule has 0 fully saturated rings. The first-order valence-corrected chi connectivity index (χ1v) is 11.5. The molecule has 0 saturated heterocycles. The van der Waals surface area contributed by atoms with Crippen LogP contribution in [0, 0.1) is 0 Å². The van der Waals surface area contributed by atoms with Gasteiger partial charge >= 0.3 is 161 Å². The SMILES string of the molecule is CC(C)c1cc(C(C)C)c([Se]C/C=C\c2ccccc2)c(C(C)C)c1. The zero-order valence-electron chi connectivity index (χ0n) is 16.5. The minimum atomic E-state index is 0.486. The van der Waals surface area contributed by atoms with Crippen molar-refractivity contribution in [2.24, 2.45) is 0 Å². The van der Waals surface area contributed by atoms with Crippen LogP contribution in [0.1, 0.15) is 81.5 Å². The second-order valence-electron chi connectivity index (χ2n) is 7.62. The van der Waals surface area contributed by atoms with Crippen LogP contribution in [0.25, 0.3) is 6.08 Å². The third kappa shape index (κ3) is 5.59. The van der Waals surface area contributed by atoms with Crippen LogP contribution in [0.2, 0.25) is 5.32 Å². The summed E-state index contributed by atoms with van der Waals surface area (Å²) >= 11 is 0.486. The molecule has 0 unspecified atom stereocenters. The van der Waals surface area contributed by atoms with Gasteiger partial charge in [0.2, 0.25) is 0 Å². The molecule has 25 heavy (non-hydrogen) atoms. The molecular weight excluding hydrogens is 367 g/mol. The van der Waals surface area contributed by atoms with Gasteiger partial charge in [-0.1, -0.05) is 0 Å². The van der Waals surface area contributed by atoms with Crippen LogP contribution in [0.5, 0.6) is 0 Å². The van der Waals surface area contributed by atoms with Gasteiger partial charge in [-0.2, -0.15) is 0 Å². The van der Waals surface area contributed by atoms with Gasteiger partial charge < -0.3 is 0 Å². The number of rotatable bonds is 7. The minimum absolute atomic E-state index is 0.486. The van der Waals surface area contributed by atoms with Crippen molar-refractivity contribution in [3.63, 3.8) is 0 Å². The van der Waals surface area contributed by atoms with Crippen LogP contribution < -0.4 is 4.46 Å². The molecule has 2 rings (SSSR count). The summed E-state index contributed by atoms with van der Waals surface area (Å²) in [4.78, 5) is 0. The van der Waals surface area contributed by atoms with Gasteiger partial charge in [0.05, 0.1) is 0 Å². The van der Waals surface area contributed by atoms with Crippen LogP contribution in [0.3, 0.4) is 0 Å². The molecule has 0 amide bonds. The molecule has 0 atom stereocenters. The van der Waals surface area contributed by atoms with Crippen molar-refractivity contribution in [3.8, 4) is 0 Å². The first kappa shape index (κ1) is 20.0. The molecule has 0 N–H and O–H groups in total. The van der Waals surface area contributed by atoms with E-state index < -0.39 is 0 Å². The second-order valence-corrected chi connectivity index (χ2v) is 9.78. The van der Waals surface area contributed by atoms with Crippen molar-refractivity contribution in [1.29, 1.82) is 0 Å². The van der Waals surface area contributed by atoms with Crippen LogP contribution in [-0.2, 0) is 0 Å². The third-order valence-electron chi connectivity index (χ3n) is 4.51. The van der Waals surface area contributed by atoms with Crippen molar-refractivity contribution >= 4 is 25.5 Å². The molecule has 0 radical (unpaired) electrons. The monoisotopic (exact) mass is 400 g/mol. The fourth-order valence-electron chi connectivity index (χ4n) is 2.94. The molecule has 2 aromatic rings. The van der Waals surface area contributed by atoms with E-state index in [0.717, 1.165) is 5.32 Å². The molecule has 0 aliphatic rings. The summed E-state index contributed by atoms with van der Waals surface area (Å²) in [5.74, 6) is 1.77. The van der Waals surface area contributed by atoms with Gasteiger partial charge in [-0.05, 0) is 0 Å². The molecule has 0 bridgehead atoms. The normalized spacial score (nSPS) is 12.0. The van der Waals surface area contributed by atoms with E-state index in [-0.39, 0.29) is 0 Å². The number of benzene rings is 2. The van der Waals surface area contributed by atoms with Gasteiger partial charge in [0.15, 0.2) is 0 Å². The molecule has 134 valence electrons. The van der Waals surface area contributed by atoms with Gasteiger partial charge in [0, 0.05) is 0 Å². The zero-order valence-corrected chi connectivity index (χ0v) is 18.3. The number of hydrogen-bond donors (Lipinski definition) is 0. The Hall–Kier alpha value is -1.30. The Balaban J connectivity index is 2.27. The van der Waals surface area contributed by atoms with E-state index in [1.54, 1.807) is 15.6 Å². The van der Waals surface area contributed by atoms with Crippen LogP contribution in [0.15, 0.2) is 48.5 Å². The van der Waals surface area contributed by atoms with E-state index in [4.69, 9.17) is 0 Å². The van der Waals surface area contributed by atoms with Crippen molar-refractivity contribution < 1.29 is 0 Å². The van der Waals surface area contributed by atoms with Crippen LogP contribution in [-0.4, -0.2) is 15.0 Å². The zero-order chi connectivity index (χ0) is 18.4. The molecule has 0 aliphatic heterocycles. The molecule has 0 nitrogen and oxygen atoms in total. The Labute approximate surface area is 160 Å². The van der Waals surface area contributed by atoms with Crippen molar-refractivity contribution in [1.82, 2.24) is 0 Å². The Bertz CT molecular complexity index is 664. The molecule has 0 aliphatic carbocycles. The summed E-state index contributed by atoms with van der Waals surface area (Å²) in [6.07, 6.45) is 4.61. The Morgan fingerprint density at radius 3 is 1.84 bits per heavy atom. The molecule has 0 heterocycles.